The van der Waals surface area contributed by atoms with Crippen LogP contribution < -0.4 is 14.8 Å². The molecule has 22 heavy (non-hydrogen) atoms. The van der Waals surface area contributed by atoms with Gasteiger partial charge >= 0.3 is 0 Å². The third-order valence-corrected chi connectivity index (χ3v) is 4.38. The van der Waals surface area contributed by atoms with Crippen LogP contribution in [-0.2, 0) is 4.74 Å². The van der Waals surface area contributed by atoms with Gasteiger partial charge < -0.3 is 19.5 Å². The third-order valence-electron chi connectivity index (χ3n) is 3.25. The van der Waals surface area contributed by atoms with Crippen LogP contribution in [-0.4, -0.2) is 39.4 Å². The van der Waals surface area contributed by atoms with Crippen LogP contribution in [0, 0.1) is 0 Å². The van der Waals surface area contributed by atoms with Crippen molar-refractivity contribution >= 4 is 17.2 Å². The number of fused-ring (bicyclic) bond motifs is 1. The highest BCUT2D eigenvalue weighted by Crippen LogP contribution is 2.36. The fraction of sp³-hybridized carbons (Fsp3) is 0.312. The Bertz CT molecular complexity index is 668. The van der Waals surface area contributed by atoms with Crippen LogP contribution in [0.4, 0.5) is 0 Å². The van der Waals surface area contributed by atoms with Gasteiger partial charge in [-0.25, -0.2) is 0 Å². The normalized spacial score (nSPS) is 13.0. The number of nitrogens with one attached hydrogen (secondary N) is 1. The number of hydrogen-bond donors (Lipinski definition) is 1. The van der Waals surface area contributed by atoms with E-state index in [1.54, 1.807) is 7.11 Å². The molecule has 1 aromatic carbocycles. The highest BCUT2D eigenvalue weighted by molar-refractivity contribution is 7.17. The molecular formula is C16H17NO4S. The lowest BCUT2D eigenvalue weighted by molar-refractivity contribution is 0.0941. The molecule has 3 rings (SSSR count). The molecule has 1 N–H and O–H groups in total. The fourth-order valence-corrected chi connectivity index (χ4v) is 3.08. The summed E-state index contributed by atoms with van der Waals surface area (Å²) in [6.45, 7) is 2.16. The van der Waals surface area contributed by atoms with Crippen molar-refractivity contribution in [2.75, 3.05) is 33.5 Å². The summed E-state index contributed by atoms with van der Waals surface area (Å²) in [5.74, 6) is 1.44. The SMILES string of the molecule is COCCNC(=O)c1ccc(-c2ccc3c(c2)OCCO3)s1. The minimum Gasteiger partial charge on any atom is -0.486 e. The molecule has 0 aliphatic carbocycles. The zero-order chi connectivity index (χ0) is 15.4. The topological polar surface area (TPSA) is 56.8 Å². The second-order valence-corrected chi connectivity index (χ2v) is 5.85. The molecule has 6 heteroatoms. The van der Waals surface area contributed by atoms with Gasteiger partial charge in [-0.1, -0.05) is 0 Å². The molecule has 0 atom stereocenters. The van der Waals surface area contributed by atoms with E-state index in [0.29, 0.717) is 31.2 Å². The molecule has 1 aliphatic heterocycles. The number of hydrogen-bond acceptors (Lipinski definition) is 5. The number of benzene rings is 1. The molecule has 0 unspecified atom stereocenters. The molecule has 1 aromatic heterocycles. The van der Waals surface area contributed by atoms with Crippen molar-refractivity contribution in [3.8, 4) is 21.9 Å². The van der Waals surface area contributed by atoms with Gasteiger partial charge in [0, 0.05) is 18.5 Å². The first kappa shape index (κ1) is 14.9. The molecule has 0 bridgehead atoms. The Labute approximate surface area is 132 Å². The highest BCUT2D eigenvalue weighted by Gasteiger charge is 2.14. The number of rotatable bonds is 5. The van der Waals surface area contributed by atoms with E-state index in [4.69, 9.17) is 14.2 Å². The fourth-order valence-electron chi connectivity index (χ4n) is 2.17. The van der Waals surface area contributed by atoms with E-state index in [9.17, 15) is 4.79 Å². The Kier molecular flexibility index (Phi) is 4.60. The van der Waals surface area contributed by atoms with Gasteiger partial charge in [0.2, 0.25) is 0 Å². The zero-order valence-electron chi connectivity index (χ0n) is 12.3. The summed E-state index contributed by atoms with van der Waals surface area (Å²) in [5.41, 5.74) is 1.02. The second kappa shape index (κ2) is 6.81. The number of thiophene rings is 1. The number of methoxy groups -OCH3 is 1. The summed E-state index contributed by atoms with van der Waals surface area (Å²) in [5, 5.41) is 2.82. The molecule has 0 fully saturated rings. The van der Waals surface area contributed by atoms with Crippen molar-refractivity contribution in [1.82, 2.24) is 5.32 Å². The van der Waals surface area contributed by atoms with E-state index in [0.717, 1.165) is 21.9 Å². The quantitative estimate of drug-likeness (QED) is 0.861. The van der Waals surface area contributed by atoms with Crippen molar-refractivity contribution in [1.29, 1.82) is 0 Å². The lowest BCUT2D eigenvalue weighted by atomic mass is 10.1. The number of carbonyl (C=O) groups excluding carboxylic acids is 1. The Morgan fingerprint density at radius 2 is 2.05 bits per heavy atom. The number of ether oxygens (including phenoxy) is 3. The van der Waals surface area contributed by atoms with Crippen LogP contribution in [0.15, 0.2) is 30.3 Å². The molecule has 0 radical (unpaired) electrons. The van der Waals surface area contributed by atoms with E-state index in [-0.39, 0.29) is 5.91 Å². The van der Waals surface area contributed by atoms with E-state index in [1.807, 2.05) is 30.3 Å². The standard InChI is InChI=1S/C16H17NO4S/c1-19-7-6-17-16(18)15-5-4-14(22-15)11-2-3-12-13(10-11)21-9-8-20-12/h2-5,10H,6-9H2,1H3,(H,17,18). The molecular weight excluding hydrogens is 302 g/mol. The van der Waals surface area contributed by atoms with E-state index >= 15 is 0 Å². The monoisotopic (exact) mass is 319 g/mol. The predicted octanol–water partition coefficient (Wildman–Crippen LogP) is 2.56. The first-order chi connectivity index (χ1) is 10.8. The Morgan fingerprint density at radius 3 is 2.86 bits per heavy atom. The summed E-state index contributed by atoms with van der Waals surface area (Å²) in [4.78, 5) is 13.7. The maximum atomic E-state index is 12.0. The lowest BCUT2D eigenvalue weighted by Crippen LogP contribution is -2.26. The zero-order valence-corrected chi connectivity index (χ0v) is 13.1. The maximum absolute atomic E-state index is 12.0. The van der Waals surface area contributed by atoms with Gasteiger partial charge in [-0.2, -0.15) is 0 Å². The first-order valence-electron chi connectivity index (χ1n) is 7.05. The minimum atomic E-state index is -0.0779. The smallest absolute Gasteiger partial charge is 0.261 e. The molecule has 2 heterocycles. The van der Waals surface area contributed by atoms with E-state index in [2.05, 4.69) is 5.32 Å². The van der Waals surface area contributed by atoms with Crippen LogP contribution in [0.5, 0.6) is 11.5 Å². The molecule has 116 valence electrons. The Morgan fingerprint density at radius 1 is 1.23 bits per heavy atom. The van der Waals surface area contributed by atoms with Gasteiger partial charge in [0.05, 0.1) is 11.5 Å². The second-order valence-electron chi connectivity index (χ2n) is 4.77. The summed E-state index contributed by atoms with van der Waals surface area (Å²) >= 11 is 1.45. The minimum absolute atomic E-state index is 0.0779. The van der Waals surface area contributed by atoms with Gasteiger partial charge in [0.15, 0.2) is 11.5 Å². The molecule has 2 aromatic rings. The van der Waals surface area contributed by atoms with Crippen molar-refractivity contribution in [2.24, 2.45) is 0 Å². The van der Waals surface area contributed by atoms with Gasteiger partial charge in [-0.15, -0.1) is 11.3 Å². The van der Waals surface area contributed by atoms with Crippen molar-refractivity contribution in [3.05, 3.63) is 35.2 Å². The van der Waals surface area contributed by atoms with Crippen LogP contribution in [0.2, 0.25) is 0 Å². The van der Waals surface area contributed by atoms with E-state index < -0.39 is 0 Å². The molecule has 0 saturated carbocycles. The first-order valence-corrected chi connectivity index (χ1v) is 7.86. The molecule has 1 aliphatic rings. The molecule has 0 spiro atoms. The molecule has 5 nitrogen and oxygen atoms in total. The van der Waals surface area contributed by atoms with Crippen LogP contribution in [0.3, 0.4) is 0 Å². The van der Waals surface area contributed by atoms with Crippen molar-refractivity contribution in [3.63, 3.8) is 0 Å². The number of carbonyl (C=O) groups is 1. The molecule has 1 amide bonds. The summed E-state index contributed by atoms with van der Waals surface area (Å²) in [7, 11) is 1.61. The van der Waals surface area contributed by atoms with E-state index in [1.165, 1.54) is 11.3 Å². The Balaban J connectivity index is 1.74. The summed E-state index contributed by atoms with van der Waals surface area (Å²) in [6.07, 6.45) is 0. The van der Waals surface area contributed by atoms with Gasteiger partial charge in [-0.05, 0) is 35.9 Å². The summed E-state index contributed by atoms with van der Waals surface area (Å²) < 4.78 is 16.0. The summed E-state index contributed by atoms with van der Waals surface area (Å²) in [6, 6.07) is 9.61. The lowest BCUT2D eigenvalue weighted by Gasteiger charge is -2.18. The predicted molar refractivity (Wildman–Crippen MR) is 85.0 cm³/mol. The average Bonchev–Trinajstić information content (AvgIpc) is 3.04. The van der Waals surface area contributed by atoms with Crippen LogP contribution >= 0.6 is 11.3 Å². The maximum Gasteiger partial charge on any atom is 0.261 e. The van der Waals surface area contributed by atoms with Gasteiger partial charge in [-0.3, -0.25) is 4.79 Å². The molecule has 0 saturated heterocycles. The van der Waals surface area contributed by atoms with Crippen LogP contribution in [0.1, 0.15) is 9.67 Å². The van der Waals surface area contributed by atoms with Gasteiger partial charge in [0.25, 0.3) is 5.91 Å². The van der Waals surface area contributed by atoms with Crippen molar-refractivity contribution < 1.29 is 19.0 Å². The highest BCUT2D eigenvalue weighted by atomic mass is 32.1. The third kappa shape index (κ3) is 3.23. The average molecular weight is 319 g/mol. The Hall–Kier alpha value is -2.05. The largest absolute Gasteiger partial charge is 0.486 e. The van der Waals surface area contributed by atoms with Crippen LogP contribution in [0.25, 0.3) is 10.4 Å². The number of amides is 1. The van der Waals surface area contributed by atoms with Gasteiger partial charge in [0.1, 0.15) is 13.2 Å². The van der Waals surface area contributed by atoms with Crippen molar-refractivity contribution in [2.45, 2.75) is 0 Å².